The molecule has 0 radical (unpaired) electrons. The smallest absolute Gasteiger partial charge is 0.243 e. The van der Waals surface area contributed by atoms with Gasteiger partial charge >= 0.3 is 0 Å². The van der Waals surface area contributed by atoms with Gasteiger partial charge in [-0.1, -0.05) is 29.8 Å². The van der Waals surface area contributed by atoms with E-state index in [0.29, 0.717) is 25.9 Å². The van der Waals surface area contributed by atoms with E-state index < -0.39 is 10.0 Å². The summed E-state index contributed by atoms with van der Waals surface area (Å²) < 4.78 is 27.4. The maximum Gasteiger partial charge on any atom is 0.243 e. The zero-order valence-electron chi connectivity index (χ0n) is 18.7. The van der Waals surface area contributed by atoms with E-state index in [1.165, 1.54) is 9.99 Å². The fraction of sp³-hybridized carbons (Fsp3) is 0.458. The second-order valence-electron chi connectivity index (χ2n) is 8.07. The van der Waals surface area contributed by atoms with Crippen LogP contribution in [0.1, 0.15) is 37.8 Å². The molecule has 0 spiro atoms. The van der Waals surface area contributed by atoms with E-state index in [4.69, 9.17) is 0 Å². The van der Waals surface area contributed by atoms with Crippen LogP contribution >= 0.6 is 0 Å². The number of nitrogens with one attached hydrogen (secondary N) is 1. The van der Waals surface area contributed by atoms with Gasteiger partial charge in [0.1, 0.15) is 0 Å². The summed E-state index contributed by atoms with van der Waals surface area (Å²) >= 11 is 0. The predicted octanol–water partition coefficient (Wildman–Crippen LogP) is 3.56. The van der Waals surface area contributed by atoms with Crippen LogP contribution < -0.4 is 10.2 Å². The van der Waals surface area contributed by atoms with Gasteiger partial charge in [-0.2, -0.15) is 4.31 Å². The highest BCUT2D eigenvalue weighted by molar-refractivity contribution is 7.89. The Bertz CT molecular complexity index is 968. The average Bonchev–Trinajstić information content (AvgIpc) is 2.79. The fourth-order valence-electron chi connectivity index (χ4n) is 3.98. The molecule has 1 unspecified atom stereocenters. The molecule has 7 heteroatoms. The third kappa shape index (κ3) is 5.66. The average molecular weight is 444 g/mol. The van der Waals surface area contributed by atoms with Gasteiger partial charge in [0.2, 0.25) is 15.9 Å². The van der Waals surface area contributed by atoms with Crippen LogP contribution in [0.5, 0.6) is 0 Å². The number of piperidine rings is 1. The van der Waals surface area contributed by atoms with Crippen molar-refractivity contribution in [1.29, 1.82) is 0 Å². The number of carbonyl (C=O) groups is 1. The molecule has 31 heavy (non-hydrogen) atoms. The Hall–Kier alpha value is -2.38. The first kappa shape index (κ1) is 23.3. The van der Waals surface area contributed by atoms with Gasteiger partial charge in [0.25, 0.3) is 0 Å². The van der Waals surface area contributed by atoms with E-state index in [9.17, 15) is 13.2 Å². The third-order valence-electron chi connectivity index (χ3n) is 5.95. The van der Waals surface area contributed by atoms with Crippen LogP contribution in [-0.2, 0) is 21.4 Å². The summed E-state index contributed by atoms with van der Waals surface area (Å²) in [5.41, 5.74) is 3.22. The van der Waals surface area contributed by atoms with Gasteiger partial charge in [-0.25, -0.2) is 8.42 Å². The monoisotopic (exact) mass is 443 g/mol. The Morgan fingerprint density at radius 2 is 1.71 bits per heavy atom. The molecule has 1 saturated heterocycles. The van der Waals surface area contributed by atoms with E-state index >= 15 is 0 Å². The lowest BCUT2D eigenvalue weighted by atomic mass is 9.98. The van der Waals surface area contributed by atoms with Gasteiger partial charge in [-0.05, 0) is 63.4 Å². The van der Waals surface area contributed by atoms with Crippen molar-refractivity contribution >= 4 is 21.6 Å². The molecule has 1 aliphatic rings. The van der Waals surface area contributed by atoms with Crippen molar-refractivity contribution in [2.75, 3.05) is 31.1 Å². The number of benzene rings is 2. The number of carbonyl (C=O) groups excluding carboxylic acids is 1. The molecular formula is C24H33N3O3S. The minimum absolute atomic E-state index is 0.0865. The second kappa shape index (κ2) is 10.3. The number of aryl methyl sites for hydroxylation is 1. The molecule has 3 rings (SSSR count). The minimum atomic E-state index is -3.58. The van der Waals surface area contributed by atoms with Crippen LogP contribution in [0, 0.1) is 12.8 Å². The van der Waals surface area contributed by atoms with Crippen molar-refractivity contribution < 1.29 is 13.2 Å². The van der Waals surface area contributed by atoms with Crippen molar-refractivity contribution in [3.8, 4) is 0 Å². The number of rotatable bonds is 8. The summed E-state index contributed by atoms with van der Waals surface area (Å²) in [4.78, 5) is 15.3. The number of hydrogen-bond donors (Lipinski definition) is 1. The van der Waals surface area contributed by atoms with E-state index in [1.807, 2.05) is 19.1 Å². The molecule has 0 saturated carbocycles. The molecule has 0 bridgehead atoms. The largest absolute Gasteiger partial charge is 0.372 e. The van der Waals surface area contributed by atoms with Crippen LogP contribution in [0.3, 0.4) is 0 Å². The highest BCUT2D eigenvalue weighted by Gasteiger charge is 2.33. The summed E-state index contributed by atoms with van der Waals surface area (Å²) in [7, 11) is -3.58. The maximum atomic E-state index is 13.0. The molecule has 1 amide bonds. The van der Waals surface area contributed by atoms with Crippen molar-refractivity contribution in [3.05, 3.63) is 59.7 Å². The van der Waals surface area contributed by atoms with Crippen molar-refractivity contribution in [2.45, 2.75) is 45.1 Å². The molecule has 2 aromatic rings. The van der Waals surface area contributed by atoms with Gasteiger partial charge < -0.3 is 10.2 Å². The Morgan fingerprint density at radius 1 is 1.06 bits per heavy atom. The van der Waals surface area contributed by atoms with Gasteiger partial charge in [-0.15, -0.1) is 0 Å². The zero-order valence-corrected chi connectivity index (χ0v) is 19.5. The number of sulfonamides is 1. The van der Waals surface area contributed by atoms with E-state index in [0.717, 1.165) is 24.2 Å². The van der Waals surface area contributed by atoms with Gasteiger partial charge in [-0.3, -0.25) is 4.79 Å². The number of anilines is 1. The number of amides is 1. The summed E-state index contributed by atoms with van der Waals surface area (Å²) in [6, 6.07) is 15.1. The third-order valence-corrected chi connectivity index (χ3v) is 7.82. The van der Waals surface area contributed by atoms with Crippen molar-refractivity contribution in [2.24, 2.45) is 5.92 Å². The van der Waals surface area contributed by atoms with E-state index in [-0.39, 0.29) is 23.3 Å². The van der Waals surface area contributed by atoms with Gasteiger partial charge in [0, 0.05) is 38.4 Å². The standard InChI is InChI=1S/C24H33N3O3S/c1-4-26(5-2)22-12-10-20(11-13-22)17-25-24(28)21-7-6-16-27(18-21)31(29,30)23-14-8-19(3)9-15-23/h8-15,21H,4-7,16-18H2,1-3H3,(H,25,28). The second-order valence-corrected chi connectivity index (χ2v) is 10.0. The van der Waals surface area contributed by atoms with Crippen molar-refractivity contribution in [3.63, 3.8) is 0 Å². The molecule has 1 N–H and O–H groups in total. The molecule has 6 nitrogen and oxygen atoms in total. The molecule has 1 aliphatic heterocycles. The van der Waals surface area contributed by atoms with Crippen LogP contribution in [-0.4, -0.2) is 44.8 Å². The van der Waals surface area contributed by atoms with Crippen LogP contribution in [0.25, 0.3) is 0 Å². The van der Waals surface area contributed by atoms with Crippen LogP contribution in [0.4, 0.5) is 5.69 Å². The van der Waals surface area contributed by atoms with E-state index in [1.54, 1.807) is 24.3 Å². The highest BCUT2D eigenvalue weighted by atomic mass is 32.2. The Balaban J connectivity index is 1.59. The topological polar surface area (TPSA) is 69.7 Å². The molecule has 0 aliphatic carbocycles. The maximum absolute atomic E-state index is 13.0. The van der Waals surface area contributed by atoms with Gasteiger partial charge in [0.15, 0.2) is 0 Å². The summed E-state index contributed by atoms with van der Waals surface area (Å²) in [6.45, 7) is 9.21. The molecule has 1 fully saturated rings. The first-order valence-electron chi connectivity index (χ1n) is 11.0. The lowest BCUT2D eigenvalue weighted by Gasteiger charge is -2.31. The zero-order chi connectivity index (χ0) is 22.4. The highest BCUT2D eigenvalue weighted by Crippen LogP contribution is 2.24. The lowest BCUT2D eigenvalue weighted by molar-refractivity contribution is -0.126. The molecule has 2 aromatic carbocycles. The first-order chi connectivity index (χ1) is 14.8. The SMILES string of the molecule is CCN(CC)c1ccc(CNC(=O)C2CCCN(S(=O)(=O)c3ccc(C)cc3)C2)cc1. The molecule has 168 valence electrons. The Morgan fingerprint density at radius 3 is 2.32 bits per heavy atom. The Labute approximate surface area is 186 Å². The summed E-state index contributed by atoms with van der Waals surface area (Å²) in [5, 5.41) is 2.99. The predicted molar refractivity (Wildman–Crippen MR) is 125 cm³/mol. The Kier molecular flexibility index (Phi) is 7.73. The first-order valence-corrected chi connectivity index (χ1v) is 12.5. The van der Waals surface area contributed by atoms with Gasteiger partial charge in [0.05, 0.1) is 10.8 Å². The fourth-order valence-corrected chi connectivity index (χ4v) is 5.50. The molecule has 1 atom stereocenters. The number of hydrogen-bond acceptors (Lipinski definition) is 4. The van der Waals surface area contributed by atoms with Crippen molar-refractivity contribution in [1.82, 2.24) is 9.62 Å². The quantitative estimate of drug-likeness (QED) is 0.677. The van der Waals surface area contributed by atoms with Crippen LogP contribution in [0.15, 0.2) is 53.4 Å². The molecule has 1 heterocycles. The van der Waals surface area contributed by atoms with E-state index in [2.05, 4.69) is 36.2 Å². The summed E-state index contributed by atoms with van der Waals surface area (Å²) in [5.74, 6) is -0.416. The molecular weight excluding hydrogens is 410 g/mol. The normalized spacial score (nSPS) is 17.3. The summed E-state index contributed by atoms with van der Waals surface area (Å²) in [6.07, 6.45) is 1.38. The number of nitrogens with zero attached hydrogens (tertiary/aromatic N) is 2. The minimum Gasteiger partial charge on any atom is -0.372 e. The lowest BCUT2D eigenvalue weighted by Crippen LogP contribution is -2.45. The molecule has 0 aromatic heterocycles. The van der Waals surface area contributed by atoms with Crippen LogP contribution in [0.2, 0.25) is 0 Å².